The molecule has 6 nitrogen and oxygen atoms in total. The lowest BCUT2D eigenvalue weighted by molar-refractivity contribution is -0.122. The van der Waals surface area contributed by atoms with Crippen molar-refractivity contribution < 1.29 is 13.9 Å². The van der Waals surface area contributed by atoms with E-state index in [9.17, 15) is 9.18 Å². The zero-order valence-corrected chi connectivity index (χ0v) is 18.9. The largest absolute Gasteiger partial charge is 0.489 e. The number of nitrogens with one attached hydrogen (secondary N) is 2. The number of carbonyl (C=O) groups excluding carboxylic acids is 1. The van der Waals surface area contributed by atoms with Crippen molar-refractivity contribution in [1.82, 2.24) is 10.3 Å². The van der Waals surface area contributed by atoms with Gasteiger partial charge in [-0.05, 0) is 44.0 Å². The molecule has 1 aliphatic heterocycles. The van der Waals surface area contributed by atoms with Gasteiger partial charge in [-0.15, -0.1) is 6.42 Å². The molecule has 7 heteroatoms. The third-order valence-electron chi connectivity index (χ3n) is 5.58. The molecule has 2 N–H and O–H groups in total. The van der Waals surface area contributed by atoms with Crippen molar-refractivity contribution in [2.24, 2.45) is 0 Å². The van der Waals surface area contributed by atoms with Crippen LogP contribution < -0.4 is 20.3 Å². The number of ether oxygens (including phenoxy) is 1. The Bertz CT molecular complexity index is 957. The summed E-state index contributed by atoms with van der Waals surface area (Å²) in [4.78, 5) is 18.4. The molecule has 0 saturated carbocycles. The van der Waals surface area contributed by atoms with Crippen molar-refractivity contribution in [3.05, 3.63) is 47.9 Å². The number of hydrogen-bond acceptors (Lipinski definition) is 5. The van der Waals surface area contributed by atoms with Crippen molar-refractivity contribution in [3.63, 3.8) is 0 Å². The Hall–Kier alpha value is -3.27. The summed E-state index contributed by atoms with van der Waals surface area (Å²) in [6.45, 7) is 7.63. The standard InChI is InChI=1S/C25H31FN4O2/c1-5-13-27-24-23(26)22(11-14-28-24)30-15-12-21(16-30)32-20-9-7-19(8-10-20)18(4)25(31)29-17(3)6-2/h2,7-11,14,17-18,21H,5,12-13,15-16H2,1,3-4H3,(H,27,28)(H,29,31). The summed E-state index contributed by atoms with van der Waals surface area (Å²) in [7, 11) is 0. The second kappa shape index (κ2) is 10.9. The number of halogens is 1. The minimum Gasteiger partial charge on any atom is -0.489 e. The van der Waals surface area contributed by atoms with E-state index in [1.165, 1.54) is 0 Å². The molecular formula is C25H31FN4O2. The van der Waals surface area contributed by atoms with Crippen LogP contribution in [0.15, 0.2) is 36.5 Å². The molecule has 1 amide bonds. The number of nitrogens with zero attached hydrogens (tertiary/aromatic N) is 2. The molecule has 1 fully saturated rings. The van der Waals surface area contributed by atoms with Crippen LogP contribution in [0.5, 0.6) is 5.75 Å². The monoisotopic (exact) mass is 438 g/mol. The zero-order chi connectivity index (χ0) is 23.1. The molecule has 3 unspecified atom stereocenters. The Balaban J connectivity index is 1.58. The second-order valence-corrected chi connectivity index (χ2v) is 8.08. The Kier molecular flexibility index (Phi) is 7.93. The number of rotatable bonds is 9. The van der Waals surface area contributed by atoms with Crippen molar-refractivity contribution in [2.75, 3.05) is 29.9 Å². The predicted molar refractivity (Wildman–Crippen MR) is 126 cm³/mol. The van der Waals surface area contributed by atoms with E-state index in [-0.39, 0.29) is 29.8 Å². The van der Waals surface area contributed by atoms with Crippen molar-refractivity contribution in [2.45, 2.75) is 51.7 Å². The maximum Gasteiger partial charge on any atom is 0.228 e. The minimum absolute atomic E-state index is 0.0438. The SMILES string of the molecule is C#CC(C)NC(=O)C(C)c1ccc(OC2CCN(c3ccnc(NCCC)c3F)C2)cc1. The number of hydrogen-bond donors (Lipinski definition) is 2. The van der Waals surface area contributed by atoms with E-state index in [0.717, 1.165) is 24.2 Å². The third kappa shape index (κ3) is 5.70. The van der Waals surface area contributed by atoms with Crippen LogP contribution >= 0.6 is 0 Å². The summed E-state index contributed by atoms with van der Waals surface area (Å²) in [5.41, 5.74) is 1.43. The lowest BCUT2D eigenvalue weighted by Crippen LogP contribution is -2.34. The van der Waals surface area contributed by atoms with Crippen molar-refractivity contribution in [1.29, 1.82) is 0 Å². The fraction of sp³-hybridized carbons (Fsp3) is 0.440. The zero-order valence-electron chi connectivity index (χ0n) is 18.9. The highest BCUT2D eigenvalue weighted by molar-refractivity contribution is 5.83. The Morgan fingerprint density at radius 2 is 2.09 bits per heavy atom. The number of benzene rings is 1. The van der Waals surface area contributed by atoms with E-state index < -0.39 is 0 Å². The molecule has 1 saturated heterocycles. The molecule has 170 valence electrons. The number of carbonyl (C=O) groups is 1. The molecule has 0 aliphatic carbocycles. The van der Waals surface area contributed by atoms with Crippen LogP contribution in [0.1, 0.15) is 45.1 Å². The molecule has 0 radical (unpaired) electrons. The normalized spacial score (nSPS) is 17.3. The predicted octanol–water partition coefficient (Wildman–Crippen LogP) is 3.94. The van der Waals surface area contributed by atoms with Crippen LogP contribution in [0.4, 0.5) is 15.9 Å². The molecule has 0 spiro atoms. The lowest BCUT2D eigenvalue weighted by atomic mass is 10.00. The fourth-order valence-electron chi connectivity index (χ4n) is 3.65. The second-order valence-electron chi connectivity index (χ2n) is 8.08. The smallest absolute Gasteiger partial charge is 0.228 e. The fourth-order valence-corrected chi connectivity index (χ4v) is 3.65. The Labute approximate surface area is 189 Å². The van der Waals surface area contributed by atoms with Gasteiger partial charge >= 0.3 is 0 Å². The van der Waals surface area contributed by atoms with E-state index in [1.54, 1.807) is 19.2 Å². The molecule has 1 aromatic carbocycles. The summed E-state index contributed by atoms with van der Waals surface area (Å²) in [6, 6.07) is 8.92. The molecule has 2 aromatic rings. The molecule has 3 rings (SSSR count). The van der Waals surface area contributed by atoms with Crippen LogP contribution in [0, 0.1) is 18.2 Å². The van der Waals surface area contributed by atoms with Crippen LogP contribution in [-0.4, -0.2) is 42.7 Å². The third-order valence-corrected chi connectivity index (χ3v) is 5.58. The average molecular weight is 439 g/mol. The summed E-state index contributed by atoms with van der Waals surface area (Å²) in [5.74, 6) is 2.77. The first-order chi connectivity index (χ1) is 15.4. The number of pyridine rings is 1. The highest BCUT2D eigenvalue weighted by Gasteiger charge is 2.27. The Morgan fingerprint density at radius 1 is 1.34 bits per heavy atom. The average Bonchev–Trinajstić information content (AvgIpc) is 3.26. The summed E-state index contributed by atoms with van der Waals surface area (Å²) < 4.78 is 21.0. The lowest BCUT2D eigenvalue weighted by Gasteiger charge is -2.21. The maximum atomic E-state index is 14.8. The molecule has 1 aliphatic rings. The summed E-state index contributed by atoms with van der Waals surface area (Å²) in [5, 5.41) is 5.82. The Morgan fingerprint density at radius 3 is 2.78 bits per heavy atom. The van der Waals surface area contributed by atoms with Crippen molar-refractivity contribution >= 4 is 17.4 Å². The van der Waals surface area contributed by atoms with Crippen LogP contribution in [0.2, 0.25) is 0 Å². The van der Waals surface area contributed by atoms with Gasteiger partial charge in [0, 0.05) is 25.7 Å². The number of aromatic nitrogens is 1. The number of anilines is 2. The van der Waals surface area contributed by atoms with Crippen LogP contribution in [0.3, 0.4) is 0 Å². The van der Waals surface area contributed by atoms with Gasteiger partial charge in [-0.25, -0.2) is 9.37 Å². The summed E-state index contributed by atoms with van der Waals surface area (Å²) in [6.07, 6.45) is 8.61. The van der Waals surface area contributed by atoms with E-state index >= 15 is 0 Å². The van der Waals surface area contributed by atoms with Gasteiger partial charge in [0.25, 0.3) is 0 Å². The van der Waals surface area contributed by atoms with Gasteiger partial charge in [0.05, 0.1) is 24.2 Å². The minimum atomic E-state index is -0.322. The van der Waals surface area contributed by atoms with E-state index in [2.05, 4.69) is 21.5 Å². The quantitative estimate of drug-likeness (QED) is 0.581. The highest BCUT2D eigenvalue weighted by atomic mass is 19.1. The van der Waals surface area contributed by atoms with E-state index in [1.807, 2.05) is 43.0 Å². The van der Waals surface area contributed by atoms with Gasteiger partial charge in [0.2, 0.25) is 5.91 Å². The first-order valence-electron chi connectivity index (χ1n) is 11.1. The molecule has 0 bridgehead atoms. The van der Waals surface area contributed by atoms with E-state index in [4.69, 9.17) is 11.2 Å². The molecular weight excluding hydrogens is 407 g/mol. The van der Waals surface area contributed by atoms with Gasteiger partial charge in [-0.1, -0.05) is 25.0 Å². The first-order valence-corrected chi connectivity index (χ1v) is 11.1. The van der Waals surface area contributed by atoms with Gasteiger partial charge in [0.15, 0.2) is 11.6 Å². The number of amides is 1. The molecule has 2 heterocycles. The van der Waals surface area contributed by atoms with Crippen LogP contribution in [0.25, 0.3) is 0 Å². The van der Waals surface area contributed by atoms with Crippen molar-refractivity contribution in [3.8, 4) is 18.1 Å². The van der Waals surface area contributed by atoms with Gasteiger partial charge < -0.3 is 20.3 Å². The maximum absolute atomic E-state index is 14.8. The molecule has 1 aromatic heterocycles. The topological polar surface area (TPSA) is 66.5 Å². The highest BCUT2D eigenvalue weighted by Crippen LogP contribution is 2.29. The molecule has 3 atom stereocenters. The van der Waals surface area contributed by atoms with Gasteiger partial charge in [-0.2, -0.15) is 0 Å². The van der Waals surface area contributed by atoms with Gasteiger partial charge in [-0.3, -0.25) is 4.79 Å². The number of terminal acetylenes is 1. The first kappa shape index (κ1) is 23.4. The summed E-state index contributed by atoms with van der Waals surface area (Å²) >= 11 is 0. The van der Waals surface area contributed by atoms with E-state index in [0.29, 0.717) is 31.1 Å². The van der Waals surface area contributed by atoms with Crippen LogP contribution in [-0.2, 0) is 4.79 Å². The van der Waals surface area contributed by atoms with Gasteiger partial charge in [0.1, 0.15) is 11.9 Å². The molecule has 32 heavy (non-hydrogen) atoms.